The molecule has 1 heterocycles. The topological polar surface area (TPSA) is 32.5 Å². The summed E-state index contributed by atoms with van der Waals surface area (Å²) in [5.41, 5.74) is 9.21. The lowest BCUT2D eigenvalue weighted by atomic mass is 9.68. The number of hydrogen-bond acceptors (Lipinski definition) is 3. The second-order valence-corrected chi connectivity index (χ2v) is 7.16. The summed E-state index contributed by atoms with van der Waals surface area (Å²) in [5.74, 6) is 1.44. The molecule has 1 fully saturated rings. The summed E-state index contributed by atoms with van der Waals surface area (Å²) in [6.07, 6.45) is 3.87. The molecule has 2 aliphatic rings. The summed E-state index contributed by atoms with van der Waals surface area (Å²) in [4.78, 5) is 5.01. The van der Waals surface area contributed by atoms with E-state index in [1.165, 1.54) is 30.6 Å². The lowest BCUT2D eigenvalue weighted by molar-refractivity contribution is 0.155. The summed E-state index contributed by atoms with van der Waals surface area (Å²) in [5, 5.41) is 0. The first-order valence-corrected chi connectivity index (χ1v) is 8.36. The smallest absolute Gasteiger partial charge is 0.0609 e. The Morgan fingerprint density at radius 1 is 1.14 bits per heavy atom. The van der Waals surface area contributed by atoms with Crippen LogP contribution in [-0.2, 0) is 0 Å². The van der Waals surface area contributed by atoms with Crippen molar-refractivity contribution in [2.75, 3.05) is 36.5 Å². The average molecular weight is 287 g/mol. The third kappa shape index (κ3) is 2.32. The summed E-state index contributed by atoms with van der Waals surface area (Å²) in [6.45, 7) is 7.72. The Kier molecular flexibility index (Phi) is 3.87. The first kappa shape index (κ1) is 14.7. The van der Waals surface area contributed by atoms with Crippen molar-refractivity contribution in [3.05, 3.63) is 24.3 Å². The zero-order valence-electron chi connectivity index (χ0n) is 13.7. The molecule has 0 bridgehead atoms. The molecule has 1 aliphatic carbocycles. The van der Waals surface area contributed by atoms with Gasteiger partial charge in [0.05, 0.1) is 16.9 Å². The highest BCUT2D eigenvalue weighted by atomic mass is 15.3. The number of para-hydroxylation sites is 2. The van der Waals surface area contributed by atoms with Crippen LogP contribution in [0.15, 0.2) is 24.3 Å². The second kappa shape index (κ2) is 5.53. The van der Waals surface area contributed by atoms with Gasteiger partial charge in [0, 0.05) is 26.7 Å². The minimum Gasteiger partial charge on any atom is -0.371 e. The van der Waals surface area contributed by atoms with Crippen LogP contribution in [0.4, 0.5) is 11.4 Å². The van der Waals surface area contributed by atoms with E-state index in [0.717, 1.165) is 25.6 Å². The van der Waals surface area contributed by atoms with E-state index < -0.39 is 0 Å². The Balaban J connectivity index is 2.03. The number of hydrogen-bond donors (Lipinski definition) is 1. The number of benzene rings is 1. The van der Waals surface area contributed by atoms with Crippen LogP contribution in [0, 0.1) is 11.8 Å². The molecule has 0 aromatic heterocycles. The van der Waals surface area contributed by atoms with Crippen molar-refractivity contribution in [3.8, 4) is 0 Å². The molecular formula is C18H29N3. The molecule has 1 aromatic carbocycles. The largest absolute Gasteiger partial charge is 0.371 e. The SMILES string of the molecule is CC1CCC(C)C(CN)(N2CCN(C)c3ccccc32)C1. The van der Waals surface area contributed by atoms with E-state index in [1.54, 1.807) is 0 Å². The van der Waals surface area contributed by atoms with Gasteiger partial charge in [0.25, 0.3) is 0 Å². The normalized spacial score (nSPS) is 33.0. The number of anilines is 2. The van der Waals surface area contributed by atoms with Crippen molar-refractivity contribution in [2.24, 2.45) is 17.6 Å². The molecule has 1 aromatic rings. The van der Waals surface area contributed by atoms with Crippen LogP contribution in [0.3, 0.4) is 0 Å². The van der Waals surface area contributed by atoms with Crippen molar-refractivity contribution >= 4 is 11.4 Å². The molecule has 0 saturated heterocycles. The molecule has 116 valence electrons. The molecule has 3 atom stereocenters. The monoisotopic (exact) mass is 287 g/mol. The standard InChI is InChI=1S/C18H29N3/c1-14-8-9-15(2)18(12-14,13-19)21-11-10-20(3)16-6-4-5-7-17(16)21/h4-7,14-15H,8-13,19H2,1-3H3. The Morgan fingerprint density at radius 3 is 2.57 bits per heavy atom. The lowest BCUT2D eigenvalue weighted by Crippen LogP contribution is -2.63. The molecule has 3 heteroatoms. The number of nitrogens with zero attached hydrogens (tertiary/aromatic N) is 2. The molecule has 0 radical (unpaired) electrons. The van der Waals surface area contributed by atoms with Crippen LogP contribution in [0.1, 0.15) is 33.1 Å². The van der Waals surface area contributed by atoms with Crippen LogP contribution in [-0.4, -0.2) is 32.2 Å². The molecular weight excluding hydrogens is 258 g/mol. The summed E-state index contributed by atoms with van der Waals surface area (Å²) >= 11 is 0. The van der Waals surface area contributed by atoms with E-state index in [2.05, 4.69) is 55.0 Å². The Hall–Kier alpha value is -1.22. The van der Waals surface area contributed by atoms with E-state index in [1.807, 2.05) is 0 Å². The van der Waals surface area contributed by atoms with Crippen molar-refractivity contribution in [3.63, 3.8) is 0 Å². The average Bonchev–Trinajstić information content (AvgIpc) is 2.51. The van der Waals surface area contributed by atoms with Gasteiger partial charge < -0.3 is 15.5 Å². The fourth-order valence-electron chi connectivity index (χ4n) is 4.45. The zero-order chi connectivity index (χ0) is 15.0. The van der Waals surface area contributed by atoms with Gasteiger partial charge in [-0.2, -0.15) is 0 Å². The fourth-order valence-corrected chi connectivity index (χ4v) is 4.45. The third-order valence-corrected chi connectivity index (χ3v) is 5.85. The van der Waals surface area contributed by atoms with Crippen molar-refractivity contribution in [1.29, 1.82) is 0 Å². The molecule has 3 rings (SSSR count). The molecule has 3 nitrogen and oxygen atoms in total. The molecule has 1 saturated carbocycles. The Morgan fingerprint density at radius 2 is 1.86 bits per heavy atom. The van der Waals surface area contributed by atoms with Gasteiger partial charge in [-0.15, -0.1) is 0 Å². The van der Waals surface area contributed by atoms with Crippen LogP contribution in [0.5, 0.6) is 0 Å². The highest BCUT2D eigenvalue weighted by Gasteiger charge is 2.45. The summed E-state index contributed by atoms with van der Waals surface area (Å²) < 4.78 is 0. The van der Waals surface area contributed by atoms with Gasteiger partial charge in [-0.3, -0.25) is 0 Å². The first-order chi connectivity index (χ1) is 10.1. The third-order valence-electron chi connectivity index (χ3n) is 5.85. The van der Waals surface area contributed by atoms with Gasteiger partial charge in [-0.1, -0.05) is 32.4 Å². The summed E-state index contributed by atoms with van der Waals surface area (Å²) in [6, 6.07) is 8.81. The number of rotatable bonds is 2. The fraction of sp³-hybridized carbons (Fsp3) is 0.667. The number of nitrogens with two attached hydrogens (primary N) is 1. The van der Waals surface area contributed by atoms with Gasteiger partial charge >= 0.3 is 0 Å². The predicted molar refractivity (Wildman–Crippen MR) is 91.0 cm³/mol. The second-order valence-electron chi connectivity index (χ2n) is 7.16. The maximum atomic E-state index is 6.36. The van der Waals surface area contributed by atoms with Crippen LogP contribution >= 0.6 is 0 Å². The predicted octanol–water partition coefficient (Wildman–Crippen LogP) is 3.10. The van der Waals surface area contributed by atoms with Crippen LogP contribution < -0.4 is 15.5 Å². The maximum Gasteiger partial charge on any atom is 0.0609 e. The van der Waals surface area contributed by atoms with E-state index in [-0.39, 0.29) is 5.54 Å². The van der Waals surface area contributed by atoms with E-state index >= 15 is 0 Å². The van der Waals surface area contributed by atoms with Crippen molar-refractivity contribution in [2.45, 2.75) is 38.6 Å². The van der Waals surface area contributed by atoms with Gasteiger partial charge in [-0.05, 0) is 36.8 Å². The molecule has 1 aliphatic heterocycles. The Labute approximate surface area is 129 Å². The minimum atomic E-state index is 0.134. The molecule has 3 unspecified atom stereocenters. The molecule has 2 N–H and O–H groups in total. The van der Waals surface area contributed by atoms with Gasteiger partial charge in [0.1, 0.15) is 0 Å². The van der Waals surface area contributed by atoms with Gasteiger partial charge in [0.2, 0.25) is 0 Å². The van der Waals surface area contributed by atoms with Gasteiger partial charge in [0.15, 0.2) is 0 Å². The van der Waals surface area contributed by atoms with E-state index in [0.29, 0.717) is 5.92 Å². The highest BCUT2D eigenvalue weighted by molar-refractivity contribution is 5.74. The van der Waals surface area contributed by atoms with Crippen LogP contribution in [0.2, 0.25) is 0 Å². The van der Waals surface area contributed by atoms with E-state index in [4.69, 9.17) is 5.73 Å². The molecule has 21 heavy (non-hydrogen) atoms. The zero-order valence-corrected chi connectivity index (χ0v) is 13.7. The molecule has 0 amide bonds. The van der Waals surface area contributed by atoms with Crippen LogP contribution in [0.25, 0.3) is 0 Å². The quantitative estimate of drug-likeness (QED) is 0.907. The highest BCUT2D eigenvalue weighted by Crippen LogP contribution is 2.45. The minimum absolute atomic E-state index is 0.134. The Bertz CT molecular complexity index is 501. The van der Waals surface area contributed by atoms with E-state index in [9.17, 15) is 0 Å². The van der Waals surface area contributed by atoms with Gasteiger partial charge in [-0.25, -0.2) is 0 Å². The maximum absolute atomic E-state index is 6.36. The lowest BCUT2D eigenvalue weighted by Gasteiger charge is -2.55. The first-order valence-electron chi connectivity index (χ1n) is 8.36. The van der Waals surface area contributed by atoms with Crippen molar-refractivity contribution in [1.82, 2.24) is 0 Å². The number of fused-ring (bicyclic) bond motifs is 1. The van der Waals surface area contributed by atoms with Crippen molar-refractivity contribution < 1.29 is 0 Å². The molecule has 0 spiro atoms. The summed E-state index contributed by atoms with van der Waals surface area (Å²) in [7, 11) is 2.19. The number of likely N-dealkylation sites (N-methyl/N-ethyl adjacent to an activating group) is 1.